The second-order valence-corrected chi connectivity index (χ2v) is 4.41. The van der Waals surface area contributed by atoms with Crippen LogP contribution in [0.1, 0.15) is 46.5 Å². The summed E-state index contributed by atoms with van der Waals surface area (Å²) in [5.74, 6) is 1.03. The smallest absolute Gasteiger partial charge is 0.193 e. The molecule has 0 saturated heterocycles. The van der Waals surface area contributed by atoms with Gasteiger partial charge in [0.15, 0.2) is 5.96 Å². The van der Waals surface area contributed by atoms with E-state index in [0.717, 1.165) is 51.6 Å². The van der Waals surface area contributed by atoms with Crippen LogP contribution in [-0.2, 0) is 4.74 Å². The zero-order valence-electron chi connectivity index (χ0n) is 13.1. The number of unbranched alkanes of at least 4 members (excludes halogenated alkanes) is 2. The van der Waals surface area contributed by atoms with Crippen LogP contribution in [0, 0.1) is 0 Å². The molecule has 0 radical (unpaired) electrons. The molecule has 0 saturated carbocycles. The molecular formula is C14H32IN3O. The predicted octanol–water partition coefficient (Wildman–Crippen LogP) is 3.12. The molecule has 0 aromatic carbocycles. The molecule has 0 bridgehead atoms. The Bertz CT molecular complexity index is 213. The molecule has 0 aromatic heterocycles. The molecule has 0 atom stereocenters. The summed E-state index contributed by atoms with van der Waals surface area (Å²) in [5.41, 5.74) is 0. The van der Waals surface area contributed by atoms with Gasteiger partial charge in [-0.15, -0.1) is 24.0 Å². The minimum absolute atomic E-state index is 0. The first-order valence-corrected chi connectivity index (χ1v) is 7.33. The number of aliphatic imine (C=N–C) groups is 1. The van der Waals surface area contributed by atoms with Crippen LogP contribution in [0.3, 0.4) is 0 Å². The summed E-state index contributed by atoms with van der Waals surface area (Å²) in [5, 5.41) is 3.34. The van der Waals surface area contributed by atoms with E-state index in [2.05, 4.69) is 36.1 Å². The highest BCUT2D eigenvalue weighted by molar-refractivity contribution is 14.0. The summed E-state index contributed by atoms with van der Waals surface area (Å²) >= 11 is 0. The van der Waals surface area contributed by atoms with Gasteiger partial charge in [-0.1, -0.05) is 13.3 Å². The van der Waals surface area contributed by atoms with Gasteiger partial charge in [0, 0.05) is 39.9 Å². The number of halogens is 1. The van der Waals surface area contributed by atoms with Crippen LogP contribution in [-0.4, -0.2) is 50.8 Å². The second kappa shape index (κ2) is 16.0. The number of nitrogens with zero attached hydrogens (tertiary/aromatic N) is 2. The molecule has 0 aliphatic heterocycles. The Morgan fingerprint density at radius 1 is 1.16 bits per heavy atom. The van der Waals surface area contributed by atoms with E-state index in [1.807, 2.05) is 6.92 Å². The molecule has 5 heteroatoms. The van der Waals surface area contributed by atoms with Crippen LogP contribution in [0.2, 0.25) is 0 Å². The summed E-state index contributed by atoms with van der Waals surface area (Å²) in [6, 6.07) is 0. The monoisotopic (exact) mass is 385 g/mol. The standard InChI is InChI=1S/C14H31N3O.HI/c1-5-8-12-17(4)14(15-6-2)16-11-9-10-13-18-7-3;/h5-13H2,1-4H3,(H,15,16);1H. The number of ether oxygens (including phenoxy) is 1. The summed E-state index contributed by atoms with van der Waals surface area (Å²) in [7, 11) is 2.11. The Kier molecular flexibility index (Phi) is 17.9. The fraction of sp³-hybridized carbons (Fsp3) is 0.929. The van der Waals surface area contributed by atoms with Gasteiger partial charge in [0.1, 0.15) is 0 Å². The van der Waals surface area contributed by atoms with E-state index in [1.54, 1.807) is 0 Å². The average Bonchev–Trinajstić information content (AvgIpc) is 2.38. The molecule has 0 fully saturated rings. The Balaban J connectivity index is 0. The first kappa shape index (κ1) is 21.3. The first-order chi connectivity index (χ1) is 8.76. The van der Waals surface area contributed by atoms with E-state index >= 15 is 0 Å². The van der Waals surface area contributed by atoms with Gasteiger partial charge in [0.2, 0.25) is 0 Å². The van der Waals surface area contributed by atoms with Crippen molar-refractivity contribution >= 4 is 29.9 Å². The molecule has 1 N–H and O–H groups in total. The lowest BCUT2D eigenvalue weighted by Gasteiger charge is -2.21. The van der Waals surface area contributed by atoms with Crippen LogP contribution in [0.5, 0.6) is 0 Å². The van der Waals surface area contributed by atoms with Crippen molar-refractivity contribution in [2.45, 2.75) is 46.5 Å². The summed E-state index contributed by atoms with van der Waals surface area (Å²) < 4.78 is 5.31. The number of guanidine groups is 1. The lowest BCUT2D eigenvalue weighted by molar-refractivity contribution is 0.144. The highest BCUT2D eigenvalue weighted by atomic mass is 127. The van der Waals surface area contributed by atoms with Gasteiger partial charge in [-0.2, -0.15) is 0 Å². The van der Waals surface area contributed by atoms with Gasteiger partial charge in [0.05, 0.1) is 0 Å². The van der Waals surface area contributed by atoms with Crippen molar-refractivity contribution in [2.75, 3.05) is 39.9 Å². The molecule has 0 spiro atoms. The lowest BCUT2D eigenvalue weighted by atomic mass is 10.3. The molecule has 116 valence electrons. The molecule has 0 aliphatic rings. The van der Waals surface area contributed by atoms with Gasteiger partial charge < -0.3 is 15.0 Å². The molecule has 0 aromatic rings. The fourth-order valence-corrected chi connectivity index (χ4v) is 1.62. The number of rotatable bonds is 10. The molecule has 0 aliphatic carbocycles. The summed E-state index contributed by atoms with van der Waals surface area (Å²) in [4.78, 5) is 6.86. The van der Waals surface area contributed by atoms with Crippen molar-refractivity contribution in [2.24, 2.45) is 4.99 Å². The molecule has 0 heterocycles. The van der Waals surface area contributed by atoms with Crippen molar-refractivity contribution in [1.82, 2.24) is 10.2 Å². The second-order valence-electron chi connectivity index (χ2n) is 4.41. The van der Waals surface area contributed by atoms with Gasteiger partial charge in [-0.25, -0.2) is 0 Å². The van der Waals surface area contributed by atoms with Crippen molar-refractivity contribution in [1.29, 1.82) is 0 Å². The largest absolute Gasteiger partial charge is 0.382 e. The Hall–Kier alpha value is -0.0400. The Morgan fingerprint density at radius 2 is 1.89 bits per heavy atom. The average molecular weight is 385 g/mol. The van der Waals surface area contributed by atoms with Crippen molar-refractivity contribution in [3.05, 3.63) is 0 Å². The number of hydrogen-bond donors (Lipinski definition) is 1. The van der Waals surface area contributed by atoms with Gasteiger partial charge in [-0.3, -0.25) is 4.99 Å². The minimum atomic E-state index is 0. The van der Waals surface area contributed by atoms with Crippen LogP contribution < -0.4 is 5.32 Å². The van der Waals surface area contributed by atoms with Crippen LogP contribution in [0.15, 0.2) is 4.99 Å². The SMILES string of the molecule is CCCCN(C)C(=NCCCCOCC)NCC.I. The zero-order valence-corrected chi connectivity index (χ0v) is 15.4. The van der Waals surface area contributed by atoms with Crippen LogP contribution in [0.4, 0.5) is 0 Å². The molecular weight excluding hydrogens is 353 g/mol. The van der Waals surface area contributed by atoms with E-state index in [1.165, 1.54) is 12.8 Å². The summed E-state index contributed by atoms with van der Waals surface area (Å²) in [6.07, 6.45) is 4.62. The van der Waals surface area contributed by atoms with Crippen molar-refractivity contribution in [3.8, 4) is 0 Å². The summed E-state index contributed by atoms with van der Waals surface area (Å²) in [6.45, 7) is 10.9. The molecule has 0 amide bonds. The van der Waals surface area contributed by atoms with Gasteiger partial charge in [0.25, 0.3) is 0 Å². The highest BCUT2D eigenvalue weighted by Gasteiger charge is 2.03. The maximum absolute atomic E-state index is 5.31. The van der Waals surface area contributed by atoms with Crippen molar-refractivity contribution in [3.63, 3.8) is 0 Å². The normalized spacial score (nSPS) is 11.1. The van der Waals surface area contributed by atoms with E-state index in [-0.39, 0.29) is 24.0 Å². The van der Waals surface area contributed by atoms with E-state index < -0.39 is 0 Å². The minimum Gasteiger partial charge on any atom is -0.382 e. The van der Waals surface area contributed by atoms with E-state index in [9.17, 15) is 0 Å². The fourth-order valence-electron chi connectivity index (χ4n) is 1.62. The topological polar surface area (TPSA) is 36.9 Å². The van der Waals surface area contributed by atoms with Crippen molar-refractivity contribution < 1.29 is 4.74 Å². The molecule has 19 heavy (non-hydrogen) atoms. The predicted molar refractivity (Wildman–Crippen MR) is 94.7 cm³/mol. The van der Waals surface area contributed by atoms with Gasteiger partial charge >= 0.3 is 0 Å². The third kappa shape index (κ3) is 12.7. The van der Waals surface area contributed by atoms with Crippen LogP contribution in [0.25, 0.3) is 0 Å². The van der Waals surface area contributed by atoms with Gasteiger partial charge in [-0.05, 0) is 33.1 Å². The zero-order chi connectivity index (χ0) is 13.6. The molecule has 0 unspecified atom stereocenters. The quantitative estimate of drug-likeness (QED) is 0.272. The van der Waals surface area contributed by atoms with E-state index in [0.29, 0.717) is 0 Å². The number of hydrogen-bond acceptors (Lipinski definition) is 2. The first-order valence-electron chi connectivity index (χ1n) is 7.33. The molecule has 4 nitrogen and oxygen atoms in total. The lowest BCUT2D eigenvalue weighted by Crippen LogP contribution is -2.39. The highest BCUT2D eigenvalue weighted by Crippen LogP contribution is 1.96. The third-order valence-corrected chi connectivity index (χ3v) is 2.71. The molecule has 0 rings (SSSR count). The Labute approximate surface area is 136 Å². The third-order valence-electron chi connectivity index (χ3n) is 2.71. The van der Waals surface area contributed by atoms with Crippen LogP contribution >= 0.6 is 24.0 Å². The van der Waals surface area contributed by atoms with E-state index in [4.69, 9.17) is 4.74 Å². The maximum Gasteiger partial charge on any atom is 0.193 e. The Morgan fingerprint density at radius 3 is 2.47 bits per heavy atom. The maximum atomic E-state index is 5.31. The number of nitrogens with one attached hydrogen (secondary N) is 1.